The first-order chi connectivity index (χ1) is 10.4. The van der Waals surface area contributed by atoms with Crippen LogP contribution in [0.25, 0.3) is 0 Å². The first-order valence-electron chi connectivity index (χ1n) is 7.05. The molecule has 0 bridgehead atoms. The number of piperidine rings is 1. The number of anilines is 1. The number of benzene rings is 1. The molecule has 0 atom stereocenters. The average molecular weight is 301 g/mol. The van der Waals surface area contributed by atoms with Gasteiger partial charge in [0.15, 0.2) is 0 Å². The number of aliphatic hydroxyl groups is 1. The summed E-state index contributed by atoms with van der Waals surface area (Å²) < 4.78 is 0. The minimum Gasteiger partial charge on any atom is -0.378 e. The second-order valence-electron chi connectivity index (χ2n) is 5.41. The highest BCUT2D eigenvalue weighted by Gasteiger charge is 2.30. The SMILES string of the molecule is C#CC1(O)CCN(CC(=O)Nc2ccccc2C(N)=O)CC1. The standard InChI is InChI=1S/C16H19N3O3/c1-2-16(22)7-9-19(10-8-16)11-14(20)18-13-6-4-3-5-12(13)15(17)21/h1,3-6,22H,7-11H2,(H2,17,21)(H,18,20). The summed E-state index contributed by atoms with van der Waals surface area (Å²) in [5, 5.41) is 12.6. The number of carbonyl (C=O) groups excluding carboxylic acids is 2. The molecule has 1 aliphatic heterocycles. The van der Waals surface area contributed by atoms with Crippen LogP contribution in [0.1, 0.15) is 23.2 Å². The number of hydrogen-bond acceptors (Lipinski definition) is 4. The third kappa shape index (κ3) is 3.85. The number of carbonyl (C=O) groups is 2. The number of nitrogens with zero attached hydrogens (tertiary/aromatic N) is 1. The Balaban J connectivity index is 1.92. The van der Waals surface area contributed by atoms with Crippen molar-refractivity contribution in [3.8, 4) is 12.3 Å². The van der Waals surface area contributed by atoms with Gasteiger partial charge in [-0.3, -0.25) is 14.5 Å². The Bertz CT molecular complexity index is 613. The quantitative estimate of drug-likeness (QED) is 0.692. The van der Waals surface area contributed by atoms with Crippen molar-refractivity contribution in [3.05, 3.63) is 29.8 Å². The van der Waals surface area contributed by atoms with E-state index in [9.17, 15) is 14.7 Å². The second-order valence-corrected chi connectivity index (χ2v) is 5.41. The van der Waals surface area contributed by atoms with E-state index in [1.807, 2.05) is 4.90 Å². The molecule has 0 spiro atoms. The lowest BCUT2D eigenvalue weighted by atomic mass is 9.92. The Hall–Kier alpha value is -2.36. The predicted molar refractivity (Wildman–Crippen MR) is 83.0 cm³/mol. The summed E-state index contributed by atoms with van der Waals surface area (Å²) in [6, 6.07) is 6.59. The van der Waals surface area contributed by atoms with Crippen molar-refractivity contribution in [2.75, 3.05) is 25.0 Å². The number of hydrogen-bond donors (Lipinski definition) is 3. The maximum absolute atomic E-state index is 12.1. The topological polar surface area (TPSA) is 95.7 Å². The number of nitrogens with one attached hydrogen (secondary N) is 1. The van der Waals surface area contributed by atoms with Crippen LogP contribution < -0.4 is 11.1 Å². The fourth-order valence-electron chi connectivity index (χ4n) is 2.43. The molecule has 1 aromatic rings. The lowest BCUT2D eigenvalue weighted by Gasteiger charge is -2.34. The Morgan fingerprint density at radius 1 is 1.36 bits per heavy atom. The van der Waals surface area contributed by atoms with E-state index in [2.05, 4.69) is 11.2 Å². The summed E-state index contributed by atoms with van der Waals surface area (Å²) in [6.45, 7) is 1.27. The molecule has 22 heavy (non-hydrogen) atoms. The molecule has 2 rings (SSSR count). The van der Waals surface area contributed by atoms with E-state index in [0.29, 0.717) is 31.6 Å². The van der Waals surface area contributed by atoms with Gasteiger partial charge in [-0.2, -0.15) is 0 Å². The number of nitrogens with two attached hydrogens (primary N) is 1. The van der Waals surface area contributed by atoms with Gasteiger partial charge in [0.1, 0.15) is 5.60 Å². The van der Waals surface area contributed by atoms with Crippen molar-refractivity contribution in [1.82, 2.24) is 4.90 Å². The summed E-state index contributed by atoms with van der Waals surface area (Å²) in [4.78, 5) is 25.3. The highest BCUT2D eigenvalue weighted by atomic mass is 16.3. The van der Waals surface area contributed by atoms with Gasteiger partial charge in [0.2, 0.25) is 5.91 Å². The van der Waals surface area contributed by atoms with E-state index < -0.39 is 11.5 Å². The number of amides is 2. The van der Waals surface area contributed by atoms with Crippen LogP contribution in [0.4, 0.5) is 5.69 Å². The highest BCUT2D eigenvalue weighted by molar-refractivity contribution is 6.03. The van der Waals surface area contributed by atoms with Gasteiger partial charge >= 0.3 is 0 Å². The minimum absolute atomic E-state index is 0.174. The van der Waals surface area contributed by atoms with E-state index in [-0.39, 0.29) is 18.0 Å². The van der Waals surface area contributed by atoms with Crippen molar-refractivity contribution in [2.45, 2.75) is 18.4 Å². The molecule has 0 radical (unpaired) electrons. The molecule has 0 aromatic heterocycles. The first-order valence-corrected chi connectivity index (χ1v) is 7.05. The molecule has 6 heteroatoms. The molecule has 1 aliphatic rings. The predicted octanol–water partition coefficient (Wildman–Crippen LogP) is 0.184. The van der Waals surface area contributed by atoms with Gasteiger partial charge in [0, 0.05) is 25.9 Å². The van der Waals surface area contributed by atoms with Crippen LogP contribution in [0.5, 0.6) is 0 Å². The largest absolute Gasteiger partial charge is 0.378 e. The molecule has 2 amide bonds. The number of para-hydroxylation sites is 1. The van der Waals surface area contributed by atoms with Gasteiger partial charge in [0.25, 0.3) is 5.91 Å². The van der Waals surface area contributed by atoms with Gasteiger partial charge in [-0.25, -0.2) is 0 Å². The van der Waals surface area contributed by atoms with Crippen LogP contribution in [0, 0.1) is 12.3 Å². The lowest BCUT2D eigenvalue weighted by Crippen LogP contribution is -2.46. The van der Waals surface area contributed by atoms with Crippen LogP contribution in [0.15, 0.2) is 24.3 Å². The van der Waals surface area contributed by atoms with Gasteiger partial charge in [-0.15, -0.1) is 6.42 Å². The number of terminal acetylenes is 1. The van der Waals surface area contributed by atoms with Crippen molar-refractivity contribution in [1.29, 1.82) is 0 Å². The zero-order chi connectivity index (χ0) is 16.2. The zero-order valence-corrected chi connectivity index (χ0v) is 12.2. The molecule has 1 fully saturated rings. The molecule has 0 unspecified atom stereocenters. The van der Waals surface area contributed by atoms with E-state index in [1.165, 1.54) is 0 Å². The monoisotopic (exact) mass is 301 g/mol. The smallest absolute Gasteiger partial charge is 0.250 e. The lowest BCUT2D eigenvalue weighted by molar-refractivity contribution is -0.118. The maximum atomic E-state index is 12.1. The van der Waals surface area contributed by atoms with Crippen LogP contribution in [-0.4, -0.2) is 47.1 Å². The van der Waals surface area contributed by atoms with Gasteiger partial charge in [-0.1, -0.05) is 18.1 Å². The Labute approximate surface area is 129 Å². The average Bonchev–Trinajstić information content (AvgIpc) is 2.50. The van der Waals surface area contributed by atoms with Gasteiger partial charge in [0.05, 0.1) is 17.8 Å². The summed E-state index contributed by atoms with van der Waals surface area (Å²) in [5.74, 6) is 1.56. The van der Waals surface area contributed by atoms with Crippen molar-refractivity contribution in [2.24, 2.45) is 5.73 Å². The van der Waals surface area contributed by atoms with E-state index in [4.69, 9.17) is 12.2 Å². The molecule has 1 heterocycles. The van der Waals surface area contributed by atoms with E-state index >= 15 is 0 Å². The minimum atomic E-state index is -1.06. The molecule has 0 saturated carbocycles. The first kappa shape index (κ1) is 16.0. The van der Waals surface area contributed by atoms with E-state index in [1.54, 1.807) is 24.3 Å². The molecule has 0 aliphatic carbocycles. The van der Waals surface area contributed by atoms with Crippen molar-refractivity contribution in [3.63, 3.8) is 0 Å². The summed E-state index contributed by atoms with van der Waals surface area (Å²) in [6.07, 6.45) is 6.17. The number of primary amides is 1. The van der Waals surface area contributed by atoms with Gasteiger partial charge in [-0.05, 0) is 12.1 Å². The third-order valence-electron chi connectivity index (χ3n) is 3.79. The Morgan fingerprint density at radius 2 is 2.00 bits per heavy atom. The van der Waals surface area contributed by atoms with Crippen LogP contribution in [-0.2, 0) is 4.79 Å². The number of likely N-dealkylation sites (tertiary alicyclic amines) is 1. The number of rotatable bonds is 4. The molecule has 1 aromatic carbocycles. The summed E-state index contributed by atoms with van der Waals surface area (Å²) >= 11 is 0. The molecule has 1 saturated heterocycles. The highest BCUT2D eigenvalue weighted by Crippen LogP contribution is 2.21. The summed E-state index contributed by atoms with van der Waals surface area (Å²) in [5.41, 5.74) is 4.88. The Kier molecular flexibility index (Phi) is 4.81. The zero-order valence-electron chi connectivity index (χ0n) is 12.2. The van der Waals surface area contributed by atoms with Crippen molar-refractivity contribution >= 4 is 17.5 Å². The molecule has 116 valence electrons. The van der Waals surface area contributed by atoms with Crippen LogP contribution >= 0.6 is 0 Å². The molecule has 4 N–H and O–H groups in total. The van der Waals surface area contributed by atoms with Crippen LogP contribution in [0.2, 0.25) is 0 Å². The maximum Gasteiger partial charge on any atom is 0.250 e. The fraction of sp³-hybridized carbons (Fsp3) is 0.375. The second kappa shape index (κ2) is 6.60. The van der Waals surface area contributed by atoms with Crippen LogP contribution in [0.3, 0.4) is 0 Å². The van der Waals surface area contributed by atoms with Gasteiger partial charge < -0.3 is 16.2 Å². The van der Waals surface area contributed by atoms with E-state index in [0.717, 1.165) is 0 Å². The van der Waals surface area contributed by atoms with Crippen molar-refractivity contribution < 1.29 is 14.7 Å². The molecular formula is C16H19N3O3. The Morgan fingerprint density at radius 3 is 2.59 bits per heavy atom. The fourth-order valence-corrected chi connectivity index (χ4v) is 2.43. The normalized spacial score (nSPS) is 17.5. The third-order valence-corrected chi connectivity index (χ3v) is 3.79. The summed E-state index contributed by atoms with van der Waals surface area (Å²) in [7, 11) is 0. The molecule has 6 nitrogen and oxygen atoms in total. The molecular weight excluding hydrogens is 282 g/mol.